The van der Waals surface area contributed by atoms with E-state index in [0.717, 1.165) is 12.5 Å². The van der Waals surface area contributed by atoms with Gasteiger partial charge in [0.05, 0.1) is 0 Å². The van der Waals surface area contributed by atoms with Crippen LogP contribution in [-0.2, 0) is 4.43 Å². The predicted molar refractivity (Wildman–Crippen MR) is 87.0 cm³/mol. The topological polar surface area (TPSA) is 9.23 Å². The quantitative estimate of drug-likeness (QED) is 0.769. The van der Waals surface area contributed by atoms with Gasteiger partial charge in [-0.25, -0.2) is 0 Å². The first kappa shape index (κ1) is 13.6. The predicted octanol–water partition coefficient (Wildman–Crippen LogP) is 3.05. The zero-order valence-corrected chi connectivity index (χ0v) is 13.3. The molecule has 1 nitrogen and oxygen atoms in total. The van der Waals surface area contributed by atoms with Gasteiger partial charge in [0.2, 0.25) is 0 Å². The van der Waals surface area contributed by atoms with Crippen molar-refractivity contribution in [3.63, 3.8) is 0 Å². The van der Waals surface area contributed by atoms with Crippen molar-refractivity contribution in [2.45, 2.75) is 19.9 Å². The molecule has 1 heterocycles. The summed E-state index contributed by atoms with van der Waals surface area (Å²) < 4.78 is 6.56. The molecule has 0 saturated carbocycles. The molecule has 2 heteroatoms. The first-order valence-corrected chi connectivity index (χ1v) is 9.59. The maximum absolute atomic E-state index is 6.56. The van der Waals surface area contributed by atoms with Gasteiger partial charge in [-0.15, -0.1) is 0 Å². The summed E-state index contributed by atoms with van der Waals surface area (Å²) in [4.78, 5) is 0. The average Bonchev–Trinajstić information content (AvgIpc) is 2.52. The van der Waals surface area contributed by atoms with Crippen molar-refractivity contribution < 1.29 is 4.43 Å². The van der Waals surface area contributed by atoms with Gasteiger partial charge in [-0.3, -0.25) is 0 Å². The zero-order chi connectivity index (χ0) is 14.0. The van der Waals surface area contributed by atoms with Crippen LogP contribution >= 0.6 is 0 Å². The van der Waals surface area contributed by atoms with Gasteiger partial charge in [-0.05, 0) is 28.3 Å². The largest absolute Gasteiger partial charge is 0.408 e. The van der Waals surface area contributed by atoms with E-state index in [1.54, 1.807) is 0 Å². The van der Waals surface area contributed by atoms with Crippen molar-refractivity contribution >= 4 is 18.7 Å². The number of rotatable bonds is 2. The third-order valence-electron chi connectivity index (χ3n) is 4.65. The molecule has 104 valence electrons. The average molecular weight is 282 g/mol. The Morgan fingerprint density at radius 3 is 1.75 bits per heavy atom. The Morgan fingerprint density at radius 1 is 0.800 bits per heavy atom. The minimum atomic E-state index is -2.04. The van der Waals surface area contributed by atoms with Gasteiger partial charge in [0.1, 0.15) is 0 Å². The smallest absolute Gasteiger partial charge is 0.255 e. The fourth-order valence-electron chi connectivity index (χ4n) is 3.14. The van der Waals surface area contributed by atoms with Crippen LogP contribution in [0.4, 0.5) is 0 Å². The number of hydrogen-bond donors (Lipinski definition) is 0. The summed E-state index contributed by atoms with van der Waals surface area (Å²) in [6.07, 6.45) is 0. The lowest BCUT2D eigenvalue weighted by atomic mass is 9.99. The molecular weight excluding hydrogens is 260 g/mol. The SMILES string of the molecule is C[C@@H]1CO[Si](c2ccccc2)(c2ccccc2)C[C@@H]1C. The first-order valence-electron chi connectivity index (χ1n) is 7.47. The summed E-state index contributed by atoms with van der Waals surface area (Å²) in [5.41, 5.74) is 0. The van der Waals surface area contributed by atoms with E-state index in [1.807, 2.05) is 0 Å². The van der Waals surface area contributed by atoms with Crippen molar-refractivity contribution in [3.05, 3.63) is 60.7 Å². The third kappa shape index (κ3) is 2.34. The lowest BCUT2D eigenvalue weighted by molar-refractivity contribution is 0.184. The molecule has 20 heavy (non-hydrogen) atoms. The Balaban J connectivity index is 2.09. The van der Waals surface area contributed by atoms with Crippen LogP contribution in [-0.4, -0.2) is 14.9 Å². The van der Waals surface area contributed by atoms with E-state index in [-0.39, 0.29) is 0 Å². The lowest BCUT2D eigenvalue weighted by Crippen LogP contribution is -2.64. The molecule has 0 aliphatic carbocycles. The van der Waals surface area contributed by atoms with Crippen molar-refractivity contribution in [2.24, 2.45) is 11.8 Å². The van der Waals surface area contributed by atoms with E-state index in [1.165, 1.54) is 16.4 Å². The summed E-state index contributed by atoms with van der Waals surface area (Å²) in [7, 11) is -2.04. The second-order valence-electron chi connectivity index (χ2n) is 6.03. The maximum atomic E-state index is 6.56. The lowest BCUT2D eigenvalue weighted by Gasteiger charge is -2.41. The summed E-state index contributed by atoms with van der Waals surface area (Å²) in [5, 5.41) is 2.81. The van der Waals surface area contributed by atoms with Gasteiger partial charge in [0.15, 0.2) is 0 Å². The molecule has 0 unspecified atom stereocenters. The van der Waals surface area contributed by atoms with Crippen molar-refractivity contribution in [3.8, 4) is 0 Å². The highest BCUT2D eigenvalue weighted by atomic mass is 28.4. The van der Waals surface area contributed by atoms with Crippen molar-refractivity contribution in [2.75, 3.05) is 6.61 Å². The summed E-state index contributed by atoms with van der Waals surface area (Å²) in [6.45, 7) is 5.57. The second-order valence-corrected chi connectivity index (χ2v) is 9.53. The minimum absolute atomic E-state index is 0.656. The van der Waals surface area contributed by atoms with Crippen LogP contribution in [0.1, 0.15) is 13.8 Å². The number of benzene rings is 2. The van der Waals surface area contributed by atoms with E-state index < -0.39 is 8.32 Å². The summed E-state index contributed by atoms with van der Waals surface area (Å²) in [6, 6.07) is 22.9. The van der Waals surface area contributed by atoms with Crippen LogP contribution in [0.2, 0.25) is 6.04 Å². The molecule has 1 aliphatic heterocycles. The van der Waals surface area contributed by atoms with Crippen molar-refractivity contribution in [1.29, 1.82) is 0 Å². The number of hydrogen-bond acceptors (Lipinski definition) is 1. The molecule has 1 aliphatic rings. The maximum Gasteiger partial charge on any atom is 0.255 e. The standard InChI is InChI=1S/C18H22OSi/c1-15-13-19-20(14-16(15)2,17-9-5-3-6-10-17)18-11-7-4-8-12-18/h3-12,15-16H,13-14H2,1-2H3/t15-,16+/m1/s1. The Bertz CT molecular complexity index is 513. The molecule has 0 N–H and O–H groups in total. The molecule has 2 atom stereocenters. The van der Waals surface area contributed by atoms with E-state index in [9.17, 15) is 0 Å². The van der Waals surface area contributed by atoms with Crippen LogP contribution in [0.15, 0.2) is 60.7 Å². The first-order chi connectivity index (χ1) is 9.72. The minimum Gasteiger partial charge on any atom is -0.408 e. The molecule has 2 aromatic carbocycles. The monoisotopic (exact) mass is 282 g/mol. The van der Waals surface area contributed by atoms with Gasteiger partial charge in [-0.1, -0.05) is 74.5 Å². The molecule has 0 amide bonds. The van der Waals surface area contributed by atoms with E-state index in [0.29, 0.717) is 5.92 Å². The van der Waals surface area contributed by atoms with Gasteiger partial charge in [-0.2, -0.15) is 0 Å². The normalized spacial score (nSPS) is 25.3. The van der Waals surface area contributed by atoms with Gasteiger partial charge >= 0.3 is 0 Å². The molecule has 0 radical (unpaired) electrons. The zero-order valence-electron chi connectivity index (χ0n) is 12.3. The third-order valence-corrected chi connectivity index (χ3v) is 9.06. The summed E-state index contributed by atoms with van der Waals surface area (Å²) in [5.74, 6) is 1.37. The molecule has 3 rings (SSSR count). The Labute approximate surface area is 122 Å². The van der Waals surface area contributed by atoms with Crippen molar-refractivity contribution in [1.82, 2.24) is 0 Å². The molecule has 1 fully saturated rings. The van der Waals surface area contributed by atoms with Crippen LogP contribution < -0.4 is 10.4 Å². The van der Waals surface area contributed by atoms with Gasteiger partial charge in [0.25, 0.3) is 8.32 Å². The van der Waals surface area contributed by atoms with E-state index in [4.69, 9.17) is 4.43 Å². The highest BCUT2D eigenvalue weighted by Crippen LogP contribution is 2.30. The highest BCUT2D eigenvalue weighted by Gasteiger charge is 2.44. The molecule has 2 aromatic rings. The molecule has 0 aromatic heterocycles. The highest BCUT2D eigenvalue weighted by molar-refractivity contribution is 6.97. The van der Waals surface area contributed by atoms with Crippen LogP contribution in [0.25, 0.3) is 0 Å². The molecular formula is C18H22OSi. The van der Waals surface area contributed by atoms with Crippen LogP contribution in [0.3, 0.4) is 0 Å². The second kappa shape index (κ2) is 5.55. The van der Waals surface area contributed by atoms with Gasteiger partial charge in [0, 0.05) is 6.61 Å². The van der Waals surface area contributed by atoms with E-state index >= 15 is 0 Å². The molecule has 0 spiro atoms. The van der Waals surface area contributed by atoms with Crippen LogP contribution in [0.5, 0.6) is 0 Å². The Morgan fingerprint density at radius 2 is 1.30 bits per heavy atom. The van der Waals surface area contributed by atoms with Crippen LogP contribution in [0, 0.1) is 11.8 Å². The van der Waals surface area contributed by atoms with E-state index in [2.05, 4.69) is 74.5 Å². The summed E-state index contributed by atoms with van der Waals surface area (Å²) >= 11 is 0. The molecule has 1 saturated heterocycles. The molecule has 0 bridgehead atoms. The Kier molecular flexibility index (Phi) is 3.77. The van der Waals surface area contributed by atoms with Gasteiger partial charge < -0.3 is 4.43 Å². The fourth-order valence-corrected chi connectivity index (χ4v) is 7.71. The Hall–Kier alpha value is -1.38. The fraction of sp³-hybridized carbons (Fsp3) is 0.333.